The molecule has 1 aromatic rings. The summed E-state index contributed by atoms with van der Waals surface area (Å²) in [5.41, 5.74) is 0.906. The van der Waals surface area contributed by atoms with Crippen LogP contribution in [0.1, 0.15) is 6.92 Å². The lowest BCUT2D eigenvalue weighted by atomic mass is 10.0. The molecule has 0 aromatic heterocycles. The molecule has 3 heterocycles. The maximum Gasteiger partial charge on any atom is 0.414 e. The van der Waals surface area contributed by atoms with Crippen molar-refractivity contribution in [1.29, 1.82) is 0 Å². The summed E-state index contributed by atoms with van der Waals surface area (Å²) < 4.78 is 24.9. The van der Waals surface area contributed by atoms with Crippen molar-refractivity contribution in [3.8, 4) is 0 Å². The van der Waals surface area contributed by atoms with E-state index in [-0.39, 0.29) is 36.9 Å². The van der Waals surface area contributed by atoms with Crippen LogP contribution in [-0.4, -0.2) is 75.5 Å². The van der Waals surface area contributed by atoms with Gasteiger partial charge in [0.2, 0.25) is 5.91 Å². The fourth-order valence-corrected chi connectivity index (χ4v) is 4.48. The maximum absolute atomic E-state index is 14.9. The molecule has 162 valence electrons. The molecule has 3 aliphatic rings. The van der Waals surface area contributed by atoms with Gasteiger partial charge in [0.25, 0.3) is 0 Å². The van der Waals surface area contributed by atoms with Gasteiger partial charge in [-0.1, -0.05) is 0 Å². The van der Waals surface area contributed by atoms with Crippen molar-refractivity contribution in [1.82, 2.24) is 10.2 Å². The van der Waals surface area contributed by atoms with Gasteiger partial charge in [-0.2, -0.15) is 0 Å². The van der Waals surface area contributed by atoms with Crippen molar-refractivity contribution < 1.29 is 28.2 Å². The lowest BCUT2D eigenvalue weighted by Gasteiger charge is -2.24. The van der Waals surface area contributed by atoms with Gasteiger partial charge in [0.15, 0.2) is 0 Å². The zero-order valence-electron chi connectivity index (χ0n) is 17.0. The highest BCUT2D eigenvalue weighted by atomic mass is 19.1. The predicted octanol–water partition coefficient (Wildman–Crippen LogP) is 1.42. The number of amides is 3. The third kappa shape index (κ3) is 3.86. The number of methoxy groups -OCH3 is 1. The number of cyclic esters (lactones) is 1. The van der Waals surface area contributed by atoms with Crippen molar-refractivity contribution in [2.45, 2.75) is 13.0 Å². The van der Waals surface area contributed by atoms with E-state index in [4.69, 9.17) is 9.47 Å². The Balaban J connectivity index is 1.40. The first-order valence-electron chi connectivity index (χ1n) is 9.95. The van der Waals surface area contributed by atoms with Gasteiger partial charge in [0, 0.05) is 44.9 Å². The predicted molar refractivity (Wildman–Crippen MR) is 106 cm³/mol. The van der Waals surface area contributed by atoms with Crippen LogP contribution in [0.2, 0.25) is 0 Å². The van der Waals surface area contributed by atoms with E-state index in [2.05, 4.69) is 5.32 Å². The van der Waals surface area contributed by atoms with Crippen molar-refractivity contribution in [3.63, 3.8) is 0 Å². The minimum Gasteiger partial charge on any atom is -0.453 e. The number of carbonyl (C=O) groups excluding carboxylic acids is 3. The first-order valence-corrected chi connectivity index (χ1v) is 9.95. The van der Waals surface area contributed by atoms with Crippen LogP contribution >= 0.6 is 0 Å². The number of anilines is 2. The van der Waals surface area contributed by atoms with Gasteiger partial charge in [-0.15, -0.1) is 0 Å². The summed E-state index contributed by atoms with van der Waals surface area (Å²) in [5, 5.41) is 2.61. The largest absolute Gasteiger partial charge is 0.453 e. The highest BCUT2D eigenvalue weighted by Gasteiger charge is 2.42. The second-order valence-electron chi connectivity index (χ2n) is 7.99. The summed E-state index contributed by atoms with van der Waals surface area (Å²) in [6, 6.07) is 4.72. The molecule has 9 nitrogen and oxygen atoms in total. The molecule has 0 saturated carbocycles. The van der Waals surface area contributed by atoms with Crippen LogP contribution in [0, 0.1) is 17.7 Å². The summed E-state index contributed by atoms with van der Waals surface area (Å²) in [6.07, 6.45) is -1.35. The van der Waals surface area contributed by atoms with Crippen molar-refractivity contribution in [2.24, 2.45) is 11.8 Å². The van der Waals surface area contributed by atoms with E-state index in [1.807, 2.05) is 4.90 Å². The molecule has 3 amide bonds. The van der Waals surface area contributed by atoms with Crippen LogP contribution in [0.4, 0.5) is 25.4 Å². The average molecular weight is 420 g/mol. The van der Waals surface area contributed by atoms with E-state index < -0.39 is 18.0 Å². The summed E-state index contributed by atoms with van der Waals surface area (Å²) in [4.78, 5) is 39.9. The molecule has 0 bridgehead atoms. The highest BCUT2D eigenvalue weighted by molar-refractivity contribution is 5.90. The molecule has 4 rings (SSSR count). The first kappa shape index (κ1) is 20.2. The van der Waals surface area contributed by atoms with E-state index in [1.165, 1.54) is 25.0 Å². The van der Waals surface area contributed by atoms with E-state index >= 15 is 0 Å². The number of benzene rings is 1. The van der Waals surface area contributed by atoms with E-state index in [0.29, 0.717) is 37.6 Å². The molecule has 0 aliphatic carbocycles. The van der Waals surface area contributed by atoms with Crippen LogP contribution in [0.25, 0.3) is 0 Å². The molecule has 3 atom stereocenters. The fourth-order valence-electron chi connectivity index (χ4n) is 4.48. The van der Waals surface area contributed by atoms with Crippen molar-refractivity contribution >= 4 is 29.5 Å². The van der Waals surface area contributed by atoms with Crippen LogP contribution < -0.4 is 15.1 Å². The second-order valence-corrected chi connectivity index (χ2v) is 7.99. The van der Waals surface area contributed by atoms with Gasteiger partial charge in [0.05, 0.1) is 31.6 Å². The molecule has 3 fully saturated rings. The van der Waals surface area contributed by atoms with Gasteiger partial charge in [-0.3, -0.25) is 9.69 Å². The van der Waals surface area contributed by atoms with Gasteiger partial charge in [0.1, 0.15) is 11.9 Å². The molecule has 10 heteroatoms. The standard InChI is InChI=1S/C20H25FN4O5/c1-12(26)22-6-16-11-25(20(28)30-16)15-3-4-18(17(21)5-15)23-7-13-9-24(19(27)29-2)10-14(13)8-23/h3-5,13-14,16H,6-11H2,1-2H3,(H,22,26). The monoisotopic (exact) mass is 420 g/mol. The van der Waals surface area contributed by atoms with E-state index in [9.17, 15) is 18.8 Å². The Labute approximate surface area is 173 Å². The van der Waals surface area contributed by atoms with Gasteiger partial charge < -0.3 is 24.6 Å². The Kier molecular flexibility index (Phi) is 5.40. The van der Waals surface area contributed by atoms with Gasteiger partial charge >= 0.3 is 12.2 Å². The molecule has 1 aromatic carbocycles. The minimum atomic E-state index is -0.559. The summed E-state index contributed by atoms with van der Waals surface area (Å²) in [6.45, 7) is 4.41. The van der Waals surface area contributed by atoms with Gasteiger partial charge in [-0.05, 0) is 18.2 Å². The number of halogens is 1. The SMILES string of the molecule is COC(=O)N1CC2CN(c3ccc(N4CC(CNC(C)=O)OC4=O)cc3F)CC2C1. The summed E-state index contributed by atoms with van der Waals surface area (Å²) in [5.74, 6) is -0.0436. The topological polar surface area (TPSA) is 91.4 Å². The van der Waals surface area contributed by atoms with E-state index in [1.54, 1.807) is 17.0 Å². The van der Waals surface area contributed by atoms with E-state index in [0.717, 1.165) is 0 Å². The quantitative estimate of drug-likeness (QED) is 0.792. The van der Waals surface area contributed by atoms with Crippen molar-refractivity contribution in [3.05, 3.63) is 24.0 Å². The molecule has 3 aliphatic heterocycles. The highest BCUT2D eigenvalue weighted by Crippen LogP contribution is 2.36. The molecule has 30 heavy (non-hydrogen) atoms. The zero-order valence-corrected chi connectivity index (χ0v) is 17.0. The Morgan fingerprint density at radius 2 is 1.90 bits per heavy atom. The summed E-state index contributed by atoms with van der Waals surface area (Å²) >= 11 is 0. The second kappa shape index (κ2) is 8.00. The number of nitrogens with one attached hydrogen (secondary N) is 1. The van der Waals surface area contributed by atoms with Crippen LogP contribution in [-0.2, 0) is 14.3 Å². The number of hydrogen-bond acceptors (Lipinski definition) is 6. The lowest BCUT2D eigenvalue weighted by Crippen LogP contribution is -2.33. The number of rotatable bonds is 4. The number of nitrogens with zero attached hydrogens (tertiary/aromatic N) is 3. The number of likely N-dealkylation sites (tertiary alicyclic amines) is 1. The number of carbonyl (C=O) groups is 3. The third-order valence-corrected chi connectivity index (χ3v) is 5.96. The number of fused-ring (bicyclic) bond motifs is 1. The molecule has 1 N–H and O–H groups in total. The van der Waals surface area contributed by atoms with Crippen LogP contribution in [0.15, 0.2) is 18.2 Å². The molecule has 0 spiro atoms. The lowest BCUT2D eigenvalue weighted by molar-refractivity contribution is -0.119. The molecular formula is C20H25FN4O5. The molecule has 0 radical (unpaired) electrons. The van der Waals surface area contributed by atoms with Gasteiger partial charge in [-0.25, -0.2) is 14.0 Å². The smallest absolute Gasteiger partial charge is 0.414 e. The Hall–Kier alpha value is -3.04. The molecular weight excluding hydrogens is 395 g/mol. The maximum atomic E-state index is 14.9. The van der Waals surface area contributed by atoms with Crippen LogP contribution in [0.5, 0.6) is 0 Å². The van der Waals surface area contributed by atoms with Crippen molar-refractivity contribution in [2.75, 3.05) is 56.2 Å². The third-order valence-electron chi connectivity index (χ3n) is 5.96. The number of ether oxygens (including phenoxy) is 2. The average Bonchev–Trinajstić information content (AvgIpc) is 3.38. The van der Waals surface area contributed by atoms with Crippen LogP contribution in [0.3, 0.4) is 0 Å². The first-order chi connectivity index (χ1) is 14.4. The fraction of sp³-hybridized carbons (Fsp3) is 0.550. The Morgan fingerprint density at radius 3 is 2.50 bits per heavy atom. The number of hydrogen-bond donors (Lipinski definition) is 1. The Morgan fingerprint density at radius 1 is 1.20 bits per heavy atom. The zero-order chi connectivity index (χ0) is 21.4. The molecule has 3 unspecified atom stereocenters. The Bertz CT molecular complexity index is 852. The minimum absolute atomic E-state index is 0.204. The summed E-state index contributed by atoms with van der Waals surface area (Å²) in [7, 11) is 1.37. The molecule has 3 saturated heterocycles. The normalized spacial score (nSPS) is 25.4.